The Morgan fingerprint density at radius 1 is 0.875 bits per heavy atom. The number of hydrogen-bond donors (Lipinski definition) is 1. The molecule has 0 bridgehead atoms. The lowest BCUT2D eigenvalue weighted by Gasteiger charge is -2.07. The zero-order valence-electron chi connectivity index (χ0n) is 8.28. The minimum Gasteiger partial charge on any atom is -0.457 e. The molecule has 0 spiro atoms. The summed E-state index contributed by atoms with van der Waals surface area (Å²) in [5, 5.41) is 0. The number of halogens is 2. The molecule has 0 amide bonds. The molecule has 2 aromatic rings. The van der Waals surface area contributed by atoms with E-state index in [1.165, 1.54) is 0 Å². The molecular formula is C12H9F2NO. The molecule has 0 atom stereocenters. The van der Waals surface area contributed by atoms with Crippen LogP contribution in [0.5, 0.6) is 11.5 Å². The summed E-state index contributed by atoms with van der Waals surface area (Å²) >= 11 is 0. The third-order valence-electron chi connectivity index (χ3n) is 2.03. The highest BCUT2D eigenvalue weighted by Gasteiger charge is 2.08. The van der Waals surface area contributed by atoms with Crippen LogP contribution in [0.2, 0.25) is 0 Å². The Labute approximate surface area is 91.3 Å². The van der Waals surface area contributed by atoms with Crippen LogP contribution in [-0.2, 0) is 0 Å². The van der Waals surface area contributed by atoms with Crippen molar-refractivity contribution >= 4 is 5.69 Å². The zero-order chi connectivity index (χ0) is 11.5. The molecule has 82 valence electrons. The Morgan fingerprint density at radius 3 is 2.00 bits per heavy atom. The maximum Gasteiger partial charge on any atom is 0.152 e. The van der Waals surface area contributed by atoms with Gasteiger partial charge in [0.1, 0.15) is 17.2 Å². The summed E-state index contributed by atoms with van der Waals surface area (Å²) < 4.78 is 31.5. The van der Waals surface area contributed by atoms with Gasteiger partial charge >= 0.3 is 0 Å². The van der Waals surface area contributed by atoms with Gasteiger partial charge in [0.15, 0.2) is 11.6 Å². The molecule has 4 heteroatoms. The lowest BCUT2D eigenvalue weighted by molar-refractivity contribution is 0.469. The average Bonchev–Trinajstić information content (AvgIpc) is 2.27. The average molecular weight is 221 g/mol. The number of ether oxygens (including phenoxy) is 1. The molecule has 0 fully saturated rings. The molecule has 0 saturated heterocycles. The van der Waals surface area contributed by atoms with Gasteiger partial charge in [-0.05, 0) is 12.1 Å². The predicted octanol–water partition coefficient (Wildman–Crippen LogP) is 3.34. The number of hydrogen-bond acceptors (Lipinski definition) is 2. The second-order valence-electron chi connectivity index (χ2n) is 3.22. The third-order valence-corrected chi connectivity index (χ3v) is 2.03. The van der Waals surface area contributed by atoms with Crippen molar-refractivity contribution in [2.75, 3.05) is 5.73 Å². The minimum atomic E-state index is -0.828. The van der Waals surface area contributed by atoms with Gasteiger partial charge in [0, 0.05) is 12.1 Å². The Bertz CT molecular complexity index is 477. The highest BCUT2D eigenvalue weighted by Crippen LogP contribution is 2.26. The fraction of sp³-hybridized carbons (Fsp3) is 0. The van der Waals surface area contributed by atoms with Gasteiger partial charge in [-0.3, -0.25) is 0 Å². The molecule has 0 aliphatic rings. The number of para-hydroxylation sites is 1. The molecule has 2 rings (SSSR count). The van der Waals surface area contributed by atoms with E-state index in [0.29, 0.717) is 5.75 Å². The Morgan fingerprint density at radius 2 is 1.44 bits per heavy atom. The van der Waals surface area contributed by atoms with Crippen molar-refractivity contribution in [3.63, 3.8) is 0 Å². The van der Waals surface area contributed by atoms with Crippen molar-refractivity contribution < 1.29 is 13.5 Å². The van der Waals surface area contributed by atoms with Crippen LogP contribution in [0.1, 0.15) is 0 Å². The molecule has 2 nitrogen and oxygen atoms in total. The van der Waals surface area contributed by atoms with Crippen molar-refractivity contribution in [2.45, 2.75) is 0 Å². The van der Waals surface area contributed by atoms with Crippen LogP contribution in [0.4, 0.5) is 14.5 Å². The van der Waals surface area contributed by atoms with E-state index in [1.807, 2.05) is 6.07 Å². The van der Waals surface area contributed by atoms with Crippen LogP contribution in [0.25, 0.3) is 0 Å². The van der Waals surface area contributed by atoms with Gasteiger partial charge in [0.2, 0.25) is 0 Å². The minimum absolute atomic E-state index is 0.0791. The summed E-state index contributed by atoms with van der Waals surface area (Å²) in [4.78, 5) is 0. The topological polar surface area (TPSA) is 35.2 Å². The summed E-state index contributed by atoms with van der Waals surface area (Å²) in [6.07, 6.45) is 0. The van der Waals surface area contributed by atoms with E-state index in [-0.39, 0.29) is 5.75 Å². The standard InChI is InChI=1S/C12H9F2NO/c13-10-6-9(7-11(14)12(10)15)16-8-4-2-1-3-5-8/h1-7H,15H2. The van der Waals surface area contributed by atoms with Gasteiger partial charge in [-0.1, -0.05) is 18.2 Å². The molecule has 0 saturated carbocycles. The third kappa shape index (κ3) is 2.11. The molecule has 16 heavy (non-hydrogen) atoms. The monoisotopic (exact) mass is 221 g/mol. The van der Waals surface area contributed by atoms with Crippen molar-refractivity contribution in [1.29, 1.82) is 0 Å². The van der Waals surface area contributed by atoms with Crippen LogP contribution in [0.15, 0.2) is 42.5 Å². The molecule has 0 unspecified atom stereocenters. The molecule has 0 aliphatic carbocycles. The van der Waals surface area contributed by atoms with Crippen molar-refractivity contribution in [3.05, 3.63) is 54.1 Å². The van der Waals surface area contributed by atoms with E-state index in [9.17, 15) is 8.78 Å². The summed E-state index contributed by atoms with van der Waals surface area (Å²) in [6, 6.07) is 10.8. The first kappa shape index (κ1) is 10.4. The number of nitrogen functional groups attached to an aromatic ring is 1. The quantitative estimate of drug-likeness (QED) is 0.789. The Hall–Kier alpha value is -2.10. The lowest BCUT2D eigenvalue weighted by atomic mass is 10.2. The summed E-state index contributed by atoms with van der Waals surface area (Å²) in [7, 11) is 0. The molecule has 0 aliphatic heterocycles. The highest BCUT2D eigenvalue weighted by atomic mass is 19.1. The van der Waals surface area contributed by atoms with Gasteiger partial charge in [0.25, 0.3) is 0 Å². The van der Waals surface area contributed by atoms with E-state index in [2.05, 4.69) is 0 Å². The first-order valence-corrected chi connectivity index (χ1v) is 4.64. The van der Waals surface area contributed by atoms with Crippen LogP contribution in [-0.4, -0.2) is 0 Å². The van der Waals surface area contributed by atoms with E-state index in [0.717, 1.165) is 12.1 Å². The van der Waals surface area contributed by atoms with Gasteiger partial charge < -0.3 is 10.5 Å². The molecule has 2 N–H and O–H groups in total. The van der Waals surface area contributed by atoms with Crippen LogP contribution in [0, 0.1) is 11.6 Å². The molecule has 0 heterocycles. The molecular weight excluding hydrogens is 212 g/mol. The maximum atomic E-state index is 13.1. The number of benzene rings is 2. The SMILES string of the molecule is Nc1c(F)cc(Oc2ccccc2)cc1F. The van der Waals surface area contributed by atoms with Crippen LogP contribution >= 0.6 is 0 Å². The van der Waals surface area contributed by atoms with Gasteiger partial charge in [-0.15, -0.1) is 0 Å². The molecule has 2 aromatic carbocycles. The Balaban J connectivity index is 2.29. The fourth-order valence-corrected chi connectivity index (χ4v) is 1.24. The largest absolute Gasteiger partial charge is 0.457 e. The number of nitrogens with two attached hydrogens (primary N) is 1. The zero-order valence-corrected chi connectivity index (χ0v) is 8.28. The van der Waals surface area contributed by atoms with E-state index in [4.69, 9.17) is 10.5 Å². The molecule has 0 aromatic heterocycles. The Kier molecular flexibility index (Phi) is 2.72. The van der Waals surface area contributed by atoms with Crippen LogP contribution in [0.3, 0.4) is 0 Å². The smallest absolute Gasteiger partial charge is 0.152 e. The van der Waals surface area contributed by atoms with Gasteiger partial charge in [-0.2, -0.15) is 0 Å². The second-order valence-corrected chi connectivity index (χ2v) is 3.22. The van der Waals surface area contributed by atoms with E-state index < -0.39 is 17.3 Å². The normalized spacial score (nSPS) is 10.1. The summed E-state index contributed by atoms with van der Waals surface area (Å²) in [5.41, 5.74) is 4.64. The first-order valence-electron chi connectivity index (χ1n) is 4.64. The van der Waals surface area contributed by atoms with Gasteiger partial charge in [-0.25, -0.2) is 8.78 Å². The van der Waals surface area contributed by atoms with Crippen LogP contribution < -0.4 is 10.5 Å². The van der Waals surface area contributed by atoms with Crippen molar-refractivity contribution in [2.24, 2.45) is 0 Å². The fourth-order valence-electron chi connectivity index (χ4n) is 1.24. The van der Waals surface area contributed by atoms with E-state index in [1.54, 1.807) is 24.3 Å². The summed E-state index contributed by atoms with van der Waals surface area (Å²) in [6.45, 7) is 0. The molecule has 0 radical (unpaired) electrons. The maximum absolute atomic E-state index is 13.1. The predicted molar refractivity (Wildman–Crippen MR) is 57.3 cm³/mol. The lowest BCUT2D eigenvalue weighted by Crippen LogP contribution is -1.96. The van der Waals surface area contributed by atoms with Crippen molar-refractivity contribution in [3.8, 4) is 11.5 Å². The van der Waals surface area contributed by atoms with Crippen molar-refractivity contribution in [1.82, 2.24) is 0 Å². The summed E-state index contributed by atoms with van der Waals surface area (Å²) in [5.74, 6) is -1.07. The second kappa shape index (κ2) is 4.18. The first-order chi connectivity index (χ1) is 7.66. The van der Waals surface area contributed by atoms with Gasteiger partial charge in [0.05, 0.1) is 0 Å². The number of rotatable bonds is 2. The number of anilines is 1. The van der Waals surface area contributed by atoms with E-state index >= 15 is 0 Å². The highest BCUT2D eigenvalue weighted by molar-refractivity contribution is 5.46.